The number of hydrogen-bond donors (Lipinski definition) is 3. The van der Waals surface area contributed by atoms with Crippen molar-refractivity contribution >= 4 is 26.8 Å². The summed E-state index contributed by atoms with van der Waals surface area (Å²) in [5.41, 5.74) is 2.58. The topological polar surface area (TPSA) is 91.1 Å². The molecule has 3 N–H and O–H groups in total. The Balaban J connectivity index is 1.71. The van der Waals surface area contributed by atoms with Crippen LogP contribution in [0.2, 0.25) is 0 Å². The van der Waals surface area contributed by atoms with Gasteiger partial charge in [0, 0.05) is 34.7 Å². The Labute approximate surface area is 175 Å². The van der Waals surface area contributed by atoms with Crippen LogP contribution in [0.15, 0.2) is 47.5 Å². The minimum absolute atomic E-state index is 0.0836. The molecular formula is C22H26FN3O3S. The molecule has 0 aliphatic rings. The average molecular weight is 432 g/mol. The lowest BCUT2D eigenvalue weighted by molar-refractivity contribution is 0.0954. The summed E-state index contributed by atoms with van der Waals surface area (Å²) in [6.45, 7) is 7.36. The molecule has 0 saturated carbocycles. The van der Waals surface area contributed by atoms with Gasteiger partial charge in [-0.3, -0.25) is 4.79 Å². The molecule has 0 unspecified atom stereocenters. The van der Waals surface area contributed by atoms with Gasteiger partial charge in [0.05, 0.1) is 0 Å². The molecule has 0 spiro atoms. The van der Waals surface area contributed by atoms with Crippen molar-refractivity contribution in [2.75, 3.05) is 6.54 Å². The van der Waals surface area contributed by atoms with Crippen molar-refractivity contribution in [1.29, 1.82) is 0 Å². The van der Waals surface area contributed by atoms with Gasteiger partial charge in [-0.2, -0.15) is 0 Å². The summed E-state index contributed by atoms with van der Waals surface area (Å²) in [5.74, 6) is -1.37. The van der Waals surface area contributed by atoms with E-state index in [-0.39, 0.29) is 5.56 Å². The number of nitrogens with one attached hydrogen (secondary N) is 3. The number of carbonyl (C=O) groups is 1. The van der Waals surface area contributed by atoms with E-state index in [0.29, 0.717) is 13.0 Å². The van der Waals surface area contributed by atoms with E-state index in [1.807, 2.05) is 25.3 Å². The SMILES string of the molecule is Cc1ccc2c(CCNC(=O)c3ccc(F)c(S(=O)(=O)NC(C)(C)C)c3)c[nH]c2c1. The highest BCUT2D eigenvalue weighted by atomic mass is 32.2. The van der Waals surface area contributed by atoms with Gasteiger partial charge in [-0.05, 0) is 69.5 Å². The molecule has 3 rings (SSSR count). The van der Waals surface area contributed by atoms with Gasteiger partial charge in [0.2, 0.25) is 10.0 Å². The van der Waals surface area contributed by atoms with Crippen LogP contribution < -0.4 is 10.0 Å². The molecule has 0 aliphatic carbocycles. The third kappa shape index (κ3) is 5.06. The van der Waals surface area contributed by atoms with Crippen LogP contribution in [-0.4, -0.2) is 31.4 Å². The summed E-state index contributed by atoms with van der Waals surface area (Å²) < 4.78 is 41.5. The van der Waals surface area contributed by atoms with Crippen LogP contribution in [0.25, 0.3) is 10.9 Å². The van der Waals surface area contributed by atoms with Gasteiger partial charge >= 0.3 is 0 Å². The fraction of sp³-hybridized carbons (Fsp3) is 0.318. The summed E-state index contributed by atoms with van der Waals surface area (Å²) in [6, 6.07) is 9.46. The number of hydrogen-bond acceptors (Lipinski definition) is 3. The van der Waals surface area contributed by atoms with Gasteiger partial charge in [-0.15, -0.1) is 0 Å². The number of carbonyl (C=O) groups excluding carboxylic acids is 1. The van der Waals surface area contributed by atoms with Crippen LogP contribution in [0.1, 0.15) is 42.3 Å². The number of benzene rings is 2. The molecule has 3 aromatic rings. The number of sulfonamides is 1. The lowest BCUT2D eigenvalue weighted by Crippen LogP contribution is -2.40. The van der Waals surface area contributed by atoms with Crippen LogP contribution >= 0.6 is 0 Å². The molecule has 1 aromatic heterocycles. The summed E-state index contributed by atoms with van der Waals surface area (Å²) in [6.07, 6.45) is 2.52. The van der Waals surface area contributed by atoms with E-state index in [4.69, 9.17) is 0 Å². The third-order valence-corrected chi connectivity index (χ3v) is 6.30. The fourth-order valence-electron chi connectivity index (χ4n) is 3.23. The molecule has 0 bridgehead atoms. The lowest BCUT2D eigenvalue weighted by atomic mass is 10.1. The number of amides is 1. The molecule has 30 heavy (non-hydrogen) atoms. The third-order valence-electron chi connectivity index (χ3n) is 4.53. The van der Waals surface area contributed by atoms with Crippen molar-refractivity contribution < 1.29 is 17.6 Å². The highest BCUT2D eigenvalue weighted by molar-refractivity contribution is 7.89. The lowest BCUT2D eigenvalue weighted by Gasteiger charge is -2.20. The van der Waals surface area contributed by atoms with Crippen LogP contribution in [-0.2, 0) is 16.4 Å². The number of aromatic amines is 1. The number of rotatable bonds is 6. The van der Waals surface area contributed by atoms with Crippen LogP contribution in [0.3, 0.4) is 0 Å². The number of fused-ring (bicyclic) bond motifs is 1. The Bertz CT molecular complexity index is 1190. The van der Waals surface area contributed by atoms with Crippen molar-refractivity contribution in [3.05, 3.63) is 65.1 Å². The Morgan fingerprint density at radius 3 is 2.57 bits per heavy atom. The van der Waals surface area contributed by atoms with Crippen molar-refractivity contribution in [2.24, 2.45) is 0 Å². The molecule has 0 saturated heterocycles. The smallest absolute Gasteiger partial charge is 0.251 e. The highest BCUT2D eigenvalue weighted by Crippen LogP contribution is 2.20. The summed E-state index contributed by atoms with van der Waals surface area (Å²) >= 11 is 0. The molecule has 0 aliphatic heterocycles. The van der Waals surface area contributed by atoms with Gasteiger partial charge < -0.3 is 10.3 Å². The largest absolute Gasteiger partial charge is 0.361 e. The first-order valence-electron chi connectivity index (χ1n) is 9.65. The van der Waals surface area contributed by atoms with Gasteiger partial charge in [0.1, 0.15) is 10.7 Å². The predicted molar refractivity (Wildman–Crippen MR) is 116 cm³/mol. The second-order valence-electron chi connectivity index (χ2n) is 8.37. The molecule has 0 fully saturated rings. The maximum Gasteiger partial charge on any atom is 0.251 e. The van der Waals surface area contributed by atoms with Gasteiger partial charge in [-0.25, -0.2) is 17.5 Å². The van der Waals surface area contributed by atoms with Crippen LogP contribution in [0, 0.1) is 12.7 Å². The van der Waals surface area contributed by atoms with E-state index in [1.165, 1.54) is 6.07 Å². The number of H-pyrrole nitrogens is 1. The van der Waals surface area contributed by atoms with Crippen molar-refractivity contribution in [3.63, 3.8) is 0 Å². The summed E-state index contributed by atoms with van der Waals surface area (Å²) in [4.78, 5) is 15.2. The normalized spacial score (nSPS) is 12.3. The number of aromatic nitrogens is 1. The van der Waals surface area contributed by atoms with E-state index in [9.17, 15) is 17.6 Å². The average Bonchev–Trinajstić information content (AvgIpc) is 3.02. The molecule has 6 nitrogen and oxygen atoms in total. The Kier molecular flexibility index (Phi) is 6.01. The Hall–Kier alpha value is -2.71. The van der Waals surface area contributed by atoms with E-state index in [2.05, 4.69) is 21.1 Å². The van der Waals surface area contributed by atoms with E-state index >= 15 is 0 Å². The minimum Gasteiger partial charge on any atom is -0.361 e. The molecule has 1 heterocycles. The zero-order chi connectivity index (χ0) is 22.1. The quantitative estimate of drug-likeness (QED) is 0.556. The van der Waals surface area contributed by atoms with Crippen molar-refractivity contribution in [1.82, 2.24) is 15.0 Å². The molecule has 8 heteroatoms. The van der Waals surface area contributed by atoms with Crippen LogP contribution in [0.5, 0.6) is 0 Å². The Morgan fingerprint density at radius 2 is 1.87 bits per heavy atom. The predicted octanol–water partition coefficient (Wildman–Crippen LogP) is 3.66. The van der Waals surface area contributed by atoms with Gasteiger partial charge in [0.25, 0.3) is 5.91 Å². The van der Waals surface area contributed by atoms with E-state index in [1.54, 1.807) is 20.8 Å². The second-order valence-corrected chi connectivity index (χ2v) is 10.0. The zero-order valence-electron chi connectivity index (χ0n) is 17.5. The summed E-state index contributed by atoms with van der Waals surface area (Å²) in [5, 5.41) is 3.86. The second kappa shape index (κ2) is 8.20. The number of aryl methyl sites for hydroxylation is 1. The standard InChI is InChI=1S/C22H26FN3O3S/c1-14-5-7-17-16(13-25-19(17)11-14)9-10-24-21(27)15-6-8-18(23)20(12-15)30(28,29)26-22(2,3)4/h5-8,11-13,25-26H,9-10H2,1-4H3,(H,24,27). The molecule has 0 atom stereocenters. The van der Waals surface area contributed by atoms with Gasteiger partial charge in [0.15, 0.2) is 0 Å². The van der Waals surface area contributed by atoms with E-state index in [0.717, 1.165) is 34.2 Å². The summed E-state index contributed by atoms with van der Waals surface area (Å²) in [7, 11) is -4.10. The first kappa shape index (κ1) is 22.0. The highest BCUT2D eigenvalue weighted by Gasteiger charge is 2.26. The van der Waals surface area contributed by atoms with E-state index < -0.39 is 32.2 Å². The fourth-order valence-corrected chi connectivity index (χ4v) is 4.75. The first-order chi connectivity index (χ1) is 14.0. The number of halogens is 1. The maximum absolute atomic E-state index is 14.2. The minimum atomic E-state index is -4.10. The van der Waals surface area contributed by atoms with Gasteiger partial charge in [-0.1, -0.05) is 12.1 Å². The molecule has 2 aromatic carbocycles. The molecule has 160 valence electrons. The van der Waals surface area contributed by atoms with Crippen LogP contribution in [0.4, 0.5) is 4.39 Å². The molecule has 1 amide bonds. The zero-order valence-corrected chi connectivity index (χ0v) is 18.3. The Morgan fingerprint density at radius 1 is 1.13 bits per heavy atom. The molecule has 0 radical (unpaired) electrons. The molecular weight excluding hydrogens is 405 g/mol. The van der Waals surface area contributed by atoms with Crippen molar-refractivity contribution in [3.8, 4) is 0 Å². The maximum atomic E-state index is 14.2. The van der Waals surface area contributed by atoms with Crippen molar-refractivity contribution in [2.45, 2.75) is 44.6 Å². The first-order valence-corrected chi connectivity index (χ1v) is 11.1. The monoisotopic (exact) mass is 431 g/mol.